The fourth-order valence-corrected chi connectivity index (χ4v) is 2.35. The Morgan fingerprint density at radius 2 is 2.19 bits per heavy atom. The van der Waals surface area contributed by atoms with Crippen molar-refractivity contribution in [3.8, 4) is 0 Å². The Kier molecular flexibility index (Phi) is 2.97. The van der Waals surface area contributed by atoms with Crippen LogP contribution in [0.25, 0.3) is 0 Å². The standard InChI is InChI=1S/C13H18N2O/c1-9-3-4-11(10(2)7-9)12-8-13(16)15(12)6-5-14/h3-4,7,12H,5-6,8,14H2,1-2H3. The first-order valence-electron chi connectivity index (χ1n) is 5.70. The number of β-lactam (4-membered cyclic amide) rings is 1. The first-order chi connectivity index (χ1) is 7.63. The van der Waals surface area contributed by atoms with Gasteiger partial charge in [-0.15, -0.1) is 0 Å². The van der Waals surface area contributed by atoms with Gasteiger partial charge in [0.25, 0.3) is 0 Å². The molecular weight excluding hydrogens is 200 g/mol. The van der Waals surface area contributed by atoms with Crippen LogP contribution in [0.1, 0.15) is 29.2 Å². The molecule has 3 nitrogen and oxygen atoms in total. The summed E-state index contributed by atoms with van der Waals surface area (Å²) in [6.07, 6.45) is 0.629. The number of carbonyl (C=O) groups excluding carboxylic acids is 1. The zero-order chi connectivity index (χ0) is 11.7. The minimum atomic E-state index is 0.218. The number of benzene rings is 1. The maximum atomic E-state index is 11.5. The quantitative estimate of drug-likeness (QED) is 0.782. The molecule has 1 atom stereocenters. The van der Waals surface area contributed by atoms with Gasteiger partial charge in [-0.25, -0.2) is 0 Å². The summed E-state index contributed by atoms with van der Waals surface area (Å²) in [6, 6.07) is 6.65. The van der Waals surface area contributed by atoms with Crippen LogP contribution in [0, 0.1) is 13.8 Å². The van der Waals surface area contributed by atoms with Crippen LogP contribution in [0.5, 0.6) is 0 Å². The zero-order valence-corrected chi connectivity index (χ0v) is 9.86. The molecule has 0 aliphatic carbocycles. The molecule has 1 fully saturated rings. The number of likely N-dealkylation sites (tertiary alicyclic amines) is 1. The molecule has 0 spiro atoms. The number of nitrogens with two attached hydrogens (primary N) is 1. The number of hydrogen-bond acceptors (Lipinski definition) is 2. The number of hydrogen-bond donors (Lipinski definition) is 1. The Balaban J connectivity index is 2.21. The Morgan fingerprint density at radius 1 is 1.44 bits per heavy atom. The number of nitrogens with zero attached hydrogens (tertiary/aromatic N) is 1. The molecule has 0 bridgehead atoms. The maximum Gasteiger partial charge on any atom is 0.225 e. The third-order valence-electron chi connectivity index (χ3n) is 3.22. The fraction of sp³-hybridized carbons (Fsp3) is 0.462. The van der Waals surface area contributed by atoms with Crippen LogP contribution in [0.2, 0.25) is 0 Å². The Hall–Kier alpha value is -1.35. The molecule has 1 heterocycles. The van der Waals surface area contributed by atoms with Crippen molar-refractivity contribution in [2.24, 2.45) is 5.73 Å². The summed E-state index contributed by atoms with van der Waals surface area (Å²) in [7, 11) is 0. The number of aryl methyl sites for hydroxylation is 2. The van der Waals surface area contributed by atoms with Gasteiger partial charge in [0, 0.05) is 13.1 Å². The average Bonchev–Trinajstić information content (AvgIpc) is 2.24. The highest BCUT2D eigenvalue weighted by Crippen LogP contribution is 2.35. The van der Waals surface area contributed by atoms with Gasteiger partial charge in [-0.1, -0.05) is 23.8 Å². The molecule has 1 aliphatic rings. The second-order valence-electron chi connectivity index (χ2n) is 4.46. The molecule has 1 aliphatic heterocycles. The van der Waals surface area contributed by atoms with Crippen LogP contribution in [-0.4, -0.2) is 23.9 Å². The van der Waals surface area contributed by atoms with E-state index in [0.29, 0.717) is 19.5 Å². The Labute approximate surface area is 96.2 Å². The highest BCUT2D eigenvalue weighted by atomic mass is 16.2. The van der Waals surface area contributed by atoms with Crippen LogP contribution in [0.15, 0.2) is 18.2 Å². The van der Waals surface area contributed by atoms with Crippen LogP contribution in [-0.2, 0) is 4.79 Å². The summed E-state index contributed by atoms with van der Waals surface area (Å²) in [5.41, 5.74) is 9.30. The molecule has 16 heavy (non-hydrogen) atoms. The molecule has 1 aromatic rings. The van der Waals surface area contributed by atoms with E-state index in [1.807, 2.05) is 4.90 Å². The molecular formula is C13H18N2O. The summed E-state index contributed by atoms with van der Waals surface area (Å²) >= 11 is 0. The van der Waals surface area contributed by atoms with Crippen molar-refractivity contribution in [1.82, 2.24) is 4.90 Å². The topological polar surface area (TPSA) is 46.3 Å². The van der Waals surface area contributed by atoms with Crippen LogP contribution in [0.3, 0.4) is 0 Å². The van der Waals surface area contributed by atoms with E-state index in [2.05, 4.69) is 32.0 Å². The predicted molar refractivity (Wildman–Crippen MR) is 64.0 cm³/mol. The zero-order valence-electron chi connectivity index (χ0n) is 9.86. The molecule has 1 aromatic carbocycles. The first-order valence-corrected chi connectivity index (χ1v) is 5.70. The van der Waals surface area contributed by atoms with Crippen molar-refractivity contribution >= 4 is 5.91 Å². The summed E-state index contributed by atoms with van der Waals surface area (Å²) in [5, 5.41) is 0. The molecule has 1 amide bonds. The fourth-order valence-electron chi connectivity index (χ4n) is 2.35. The van der Waals surface area contributed by atoms with E-state index in [0.717, 1.165) is 0 Å². The van der Waals surface area contributed by atoms with Gasteiger partial charge in [-0.05, 0) is 25.0 Å². The number of rotatable bonds is 3. The summed E-state index contributed by atoms with van der Waals surface area (Å²) < 4.78 is 0. The van der Waals surface area contributed by atoms with E-state index in [9.17, 15) is 4.79 Å². The third-order valence-corrected chi connectivity index (χ3v) is 3.22. The smallest absolute Gasteiger partial charge is 0.225 e. The van der Waals surface area contributed by atoms with Crippen molar-refractivity contribution in [2.45, 2.75) is 26.3 Å². The van der Waals surface area contributed by atoms with Crippen molar-refractivity contribution in [1.29, 1.82) is 0 Å². The average molecular weight is 218 g/mol. The summed E-state index contributed by atoms with van der Waals surface area (Å²) in [4.78, 5) is 13.3. The predicted octanol–water partition coefficient (Wildman–Crippen LogP) is 1.54. The van der Waals surface area contributed by atoms with Crippen LogP contribution in [0.4, 0.5) is 0 Å². The minimum Gasteiger partial charge on any atom is -0.334 e. The van der Waals surface area contributed by atoms with E-state index >= 15 is 0 Å². The first kappa shape index (κ1) is 11.1. The van der Waals surface area contributed by atoms with E-state index in [1.54, 1.807) is 0 Å². The maximum absolute atomic E-state index is 11.5. The highest BCUT2D eigenvalue weighted by molar-refractivity contribution is 5.83. The van der Waals surface area contributed by atoms with Crippen molar-refractivity contribution in [3.05, 3.63) is 34.9 Å². The molecule has 2 rings (SSSR count). The third kappa shape index (κ3) is 1.83. The second-order valence-corrected chi connectivity index (χ2v) is 4.46. The lowest BCUT2D eigenvalue weighted by Gasteiger charge is -2.41. The summed E-state index contributed by atoms with van der Waals surface area (Å²) in [5.74, 6) is 0.218. The van der Waals surface area contributed by atoms with Gasteiger partial charge >= 0.3 is 0 Å². The van der Waals surface area contributed by atoms with Crippen LogP contribution >= 0.6 is 0 Å². The molecule has 1 saturated heterocycles. The lowest BCUT2D eigenvalue weighted by molar-refractivity contribution is -0.146. The van der Waals surface area contributed by atoms with Gasteiger partial charge in [-0.2, -0.15) is 0 Å². The lowest BCUT2D eigenvalue weighted by atomic mass is 9.90. The SMILES string of the molecule is Cc1ccc(C2CC(=O)N2CCN)c(C)c1. The van der Waals surface area contributed by atoms with Crippen molar-refractivity contribution in [3.63, 3.8) is 0 Å². The molecule has 2 N–H and O–H groups in total. The molecule has 3 heteroatoms. The van der Waals surface area contributed by atoms with Crippen LogP contribution < -0.4 is 5.73 Å². The lowest BCUT2D eigenvalue weighted by Crippen LogP contribution is -2.48. The summed E-state index contributed by atoms with van der Waals surface area (Å²) in [6.45, 7) is 5.38. The molecule has 0 saturated carbocycles. The van der Waals surface area contributed by atoms with E-state index in [-0.39, 0.29) is 11.9 Å². The van der Waals surface area contributed by atoms with Gasteiger partial charge in [0.1, 0.15) is 0 Å². The van der Waals surface area contributed by atoms with Gasteiger partial charge < -0.3 is 10.6 Å². The van der Waals surface area contributed by atoms with E-state index in [4.69, 9.17) is 5.73 Å². The van der Waals surface area contributed by atoms with E-state index < -0.39 is 0 Å². The number of carbonyl (C=O) groups is 1. The van der Waals surface area contributed by atoms with E-state index in [1.165, 1.54) is 16.7 Å². The van der Waals surface area contributed by atoms with Crippen molar-refractivity contribution < 1.29 is 4.79 Å². The van der Waals surface area contributed by atoms with Gasteiger partial charge in [0.15, 0.2) is 0 Å². The second kappa shape index (κ2) is 4.26. The Bertz CT molecular complexity index is 414. The van der Waals surface area contributed by atoms with Gasteiger partial charge in [0.2, 0.25) is 5.91 Å². The molecule has 0 radical (unpaired) electrons. The minimum absolute atomic E-state index is 0.218. The molecule has 0 aromatic heterocycles. The van der Waals surface area contributed by atoms with Crippen molar-refractivity contribution in [2.75, 3.05) is 13.1 Å². The van der Waals surface area contributed by atoms with Gasteiger partial charge in [-0.3, -0.25) is 4.79 Å². The molecule has 86 valence electrons. The number of amides is 1. The largest absolute Gasteiger partial charge is 0.334 e. The van der Waals surface area contributed by atoms with Gasteiger partial charge in [0.05, 0.1) is 12.5 Å². The normalized spacial score (nSPS) is 19.8. The molecule has 1 unspecified atom stereocenters. The monoisotopic (exact) mass is 218 g/mol. The Morgan fingerprint density at radius 3 is 2.75 bits per heavy atom. The highest BCUT2D eigenvalue weighted by Gasteiger charge is 2.36.